The SMILES string of the molecule is CCn1nc(C)c(N)c1C(=O)NCC(C)(C)CCO. The molecule has 0 spiro atoms. The van der Waals surface area contributed by atoms with Crippen LogP contribution in [-0.2, 0) is 6.54 Å². The predicted octanol–water partition coefficient (Wildman–Crippen LogP) is 0.932. The molecule has 6 heteroatoms. The number of nitrogens with one attached hydrogen (secondary N) is 1. The zero-order valence-corrected chi connectivity index (χ0v) is 12.2. The lowest BCUT2D eigenvalue weighted by Gasteiger charge is -2.23. The largest absolute Gasteiger partial charge is 0.396 e. The molecule has 19 heavy (non-hydrogen) atoms. The number of anilines is 1. The molecule has 0 saturated carbocycles. The summed E-state index contributed by atoms with van der Waals surface area (Å²) in [6.45, 7) is 8.88. The van der Waals surface area contributed by atoms with Gasteiger partial charge in [0, 0.05) is 19.7 Å². The van der Waals surface area contributed by atoms with Gasteiger partial charge in [0.2, 0.25) is 0 Å². The molecule has 0 unspecified atom stereocenters. The van der Waals surface area contributed by atoms with Crippen molar-refractivity contribution in [2.24, 2.45) is 5.41 Å². The maximum atomic E-state index is 12.2. The third-order valence-electron chi connectivity index (χ3n) is 3.20. The maximum absolute atomic E-state index is 12.2. The van der Waals surface area contributed by atoms with Gasteiger partial charge in [0.1, 0.15) is 5.69 Å². The minimum absolute atomic E-state index is 0.108. The van der Waals surface area contributed by atoms with Gasteiger partial charge in [0.25, 0.3) is 5.91 Å². The van der Waals surface area contributed by atoms with Crippen LogP contribution in [0.25, 0.3) is 0 Å². The van der Waals surface area contributed by atoms with Crippen molar-refractivity contribution in [2.75, 3.05) is 18.9 Å². The fourth-order valence-electron chi connectivity index (χ4n) is 1.86. The summed E-state index contributed by atoms with van der Waals surface area (Å²) in [7, 11) is 0. The number of hydrogen-bond donors (Lipinski definition) is 3. The van der Waals surface area contributed by atoms with Crippen LogP contribution in [0.4, 0.5) is 5.69 Å². The van der Waals surface area contributed by atoms with Crippen LogP contribution in [-0.4, -0.2) is 33.9 Å². The summed E-state index contributed by atoms with van der Waals surface area (Å²) in [5.74, 6) is -0.217. The van der Waals surface area contributed by atoms with E-state index in [-0.39, 0.29) is 17.9 Å². The second-order valence-corrected chi connectivity index (χ2v) is 5.48. The maximum Gasteiger partial charge on any atom is 0.271 e. The van der Waals surface area contributed by atoms with Crippen LogP contribution >= 0.6 is 0 Å². The highest BCUT2D eigenvalue weighted by atomic mass is 16.3. The molecule has 1 rings (SSSR count). The lowest BCUT2D eigenvalue weighted by atomic mass is 9.90. The van der Waals surface area contributed by atoms with E-state index in [1.54, 1.807) is 11.6 Å². The Kier molecular flexibility index (Phi) is 4.94. The van der Waals surface area contributed by atoms with Crippen molar-refractivity contribution in [1.29, 1.82) is 0 Å². The molecule has 0 fully saturated rings. The number of rotatable bonds is 6. The Morgan fingerprint density at radius 2 is 2.16 bits per heavy atom. The number of aliphatic hydroxyl groups excluding tert-OH is 1. The number of nitrogen functional groups attached to an aromatic ring is 1. The minimum atomic E-state index is -0.217. The van der Waals surface area contributed by atoms with Gasteiger partial charge in [0.05, 0.1) is 11.4 Å². The van der Waals surface area contributed by atoms with Crippen LogP contribution < -0.4 is 11.1 Å². The summed E-state index contributed by atoms with van der Waals surface area (Å²) in [5.41, 5.74) is 7.26. The van der Waals surface area contributed by atoms with E-state index in [1.165, 1.54) is 0 Å². The molecule has 108 valence electrons. The molecule has 0 aliphatic carbocycles. The Hall–Kier alpha value is -1.56. The Morgan fingerprint density at radius 1 is 1.53 bits per heavy atom. The number of nitrogens with zero attached hydrogens (tertiary/aromatic N) is 2. The molecule has 1 amide bonds. The number of hydrogen-bond acceptors (Lipinski definition) is 4. The van der Waals surface area contributed by atoms with Crippen LogP contribution in [0.2, 0.25) is 0 Å². The average Bonchev–Trinajstić information content (AvgIpc) is 2.62. The van der Waals surface area contributed by atoms with Crippen LogP contribution in [0.1, 0.15) is 43.4 Å². The second-order valence-electron chi connectivity index (χ2n) is 5.48. The number of amides is 1. The molecule has 0 radical (unpaired) electrons. The van der Waals surface area contributed by atoms with Crippen molar-refractivity contribution >= 4 is 11.6 Å². The van der Waals surface area contributed by atoms with E-state index in [0.29, 0.717) is 36.6 Å². The van der Waals surface area contributed by atoms with Crippen LogP contribution in [0.15, 0.2) is 0 Å². The summed E-state index contributed by atoms with van der Waals surface area (Å²) in [5, 5.41) is 16.1. The van der Waals surface area contributed by atoms with E-state index in [9.17, 15) is 4.79 Å². The quantitative estimate of drug-likeness (QED) is 0.715. The fraction of sp³-hybridized carbons (Fsp3) is 0.692. The van der Waals surface area contributed by atoms with Gasteiger partial charge in [-0.2, -0.15) is 5.10 Å². The smallest absolute Gasteiger partial charge is 0.271 e. The fourth-order valence-corrected chi connectivity index (χ4v) is 1.86. The summed E-state index contributed by atoms with van der Waals surface area (Å²) < 4.78 is 1.61. The van der Waals surface area contributed by atoms with Crippen molar-refractivity contribution in [3.8, 4) is 0 Å². The number of carbonyl (C=O) groups excluding carboxylic acids is 1. The van der Waals surface area contributed by atoms with Crippen LogP contribution in [0, 0.1) is 12.3 Å². The Labute approximate surface area is 114 Å². The van der Waals surface area contributed by atoms with Crippen LogP contribution in [0.3, 0.4) is 0 Å². The average molecular weight is 268 g/mol. The number of aromatic nitrogens is 2. The molecular formula is C13H24N4O2. The molecule has 0 bridgehead atoms. The van der Waals surface area contributed by atoms with E-state index in [0.717, 1.165) is 0 Å². The first-order valence-electron chi connectivity index (χ1n) is 6.54. The van der Waals surface area contributed by atoms with Gasteiger partial charge in [-0.3, -0.25) is 9.48 Å². The molecule has 0 aliphatic heterocycles. The predicted molar refractivity (Wildman–Crippen MR) is 74.9 cm³/mol. The lowest BCUT2D eigenvalue weighted by Crippen LogP contribution is -2.35. The standard InChI is InChI=1S/C13H24N4O2/c1-5-17-11(10(14)9(2)16-17)12(19)15-8-13(3,4)6-7-18/h18H,5-8,14H2,1-4H3,(H,15,19). The first-order valence-corrected chi connectivity index (χ1v) is 6.54. The van der Waals surface area contributed by atoms with E-state index in [4.69, 9.17) is 10.8 Å². The summed E-state index contributed by atoms with van der Waals surface area (Å²) in [6.07, 6.45) is 0.634. The number of carbonyl (C=O) groups is 1. The third kappa shape index (κ3) is 3.70. The molecule has 1 aromatic heterocycles. The zero-order chi connectivity index (χ0) is 14.6. The van der Waals surface area contributed by atoms with E-state index >= 15 is 0 Å². The van der Waals surface area contributed by atoms with Crippen molar-refractivity contribution in [1.82, 2.24) is 15.1 Å². The molecule has 1 aromatic rings. The summed E-state index contributed by atoms with van der Waals surface area (Å²) >= 11 is 0. The molecule has 6 nitrogen and oxygen atoms in total. The van der Waals surface area contributed by atoms with Gasteiger partial charge in [-0.05, 0) is 25.7 Å². The van der Waals surface area contributed by atoms with E-state index in [2.05, 4.69) is 10.4 Å². The summed E-state index contributed by atoms with van der Waals surface area (Å²) in [6, 6.07) is 0. The Morgan fingerprint density at radius 3 is 2.68 bits per heavy atom. The molecular weight excluding hydrogens is 244 g/mol. The first kappa shape index (κ1) is 15.5. The van der Waals surface area contributed by atoms with E-state index < -0.39 is 0 Å². The summed E-state index contributed by atoms with van der Waals surface area (Å²) in [4.78, 5) is 12.2. The molecule has 0 aliphatic rings. The number of aliphatic hydroxyl groups is 1. The van der Waals surface area contributed by atoms with Gasteiger partial charge in [-0.1, -0.05) is 13.8 Å². The third-order valence-corrected chi connectivity index (χ3v) is 3.20. The second kappa shape index (κ2) is 6.06. The van der Waals surface area contributed by atoms with Crippen molar-refractivity contribution < 1.29 is 9.90 Å². The van der Waals surface area contributed by atoms with E-state index in [1.807, 2.05) is 20.8 Å². The number of nitrogens with two attached hydrogens (primary N) is 1. The highest BCUT2D eigenvalue weighted by Crippen LogP contribution is 2.20. The normalized spacial score (nSPS) is 11.6. The Bertz CT molecular complexity index is 452. The first-order chi connectivity index (χ1) is 8.82. The van der Waals surface area contributed by atoms with Crippen molar-refractivity contribution in [3.63, 3.8) is 0 Å². The Balaban J connectivity index is 2.79. The van der Waals surface area contributed by atoms with Gasteiger partial charge in [0.15, 0.2) is 0 Å². The number of aryl methyl sites for hydroxylation is 2. The minimum Gasteiger partial charge on any atom is -0.396 e. The lowest BCUT2D eigenvalue weighted by molar-refractivity contribution is 0.0918. The molecule has 1 heterocycles. The van der Waals surface area contributed by atoms with Gasteiger partial charge < -0.3 is 16.2 Å². The van der Waals surface area contributed by atoms with Gasteiger partial charge in [-0.15, -0.1) is 0 Å². The van der Waals surface area contributed by atoms with Gasteiger partial charge in [-0.25, -0.2) is 0 Å². The van der Waals surface area contributed by atoms with Crippen molar-refractivity contribution in [2.45, 2.75) is 40.7 Å². The van der Waals surface area contributed by atoms with Crippen molar-refractivity contribution in [3.05, 3.63) is 11.4 Å². The molecule has 0 aromatic carbocycles. The molecule has 4 N–H and O–H groups in total. The van der Waals surface area contributed by atoms with Gasteiger partial charge >= 0.3 is 0 Å². The molecule has 0 atom stereocenters. The highest BCUT2D eigenvalue weighted by Gasteiger charge is 2.22. The monoisotopic (exact) mass is 268 g/mol. The zero-order valence-electron chi connectivity index (χ0n) is 12.2. The topological polar surface area (TPSA) is 93.2 Å². The highest BCUT2D eigenvalue weighted by molar-refractivity contribution is 5.97. The molecule has 0 saturated heterocycles. The van der Waals surface area contributed by atoms with Crippen LogP contribution in [0.5, 0.6) is 0 Å².